The molecule has 0 atom stereocenters. The summed E-state index contributed by atoms with van der Waals surface area (Å²) in [6.45, 7) is 1.88. The van der Waals surface area contributed by atoms with Crippen molar-refractivity contribution in [3.63, 3.8) is 0 Å². The van der Waals surface area contributed by atoms with Gasteiger partial charge in [-0.05, 0) is 37.3 Å². The first-order valence-electron chi connectivity index (χ1n) is 5.79. The van der Waals surface area contributed by atoms with Crippen LogP contribution in [0.25, 0.3) is 0 Å². The minimum absolute atomic E-state index is 0.265. The molecule has 0 N–H and O–H groups in total. The molecule has 0 fully saturated rings. The van der Waals surface area contributed by atoms with E-state index in [1.807, 2.05) is 13.0 Å². The molecule has 98 valence electrons. The number of hydrogen-bond donors (Lipinski definition) is 0. The second kappa shape index (κ2) is 5.41. The highest BCUT2D eigenvalue weighted by atomic mass is 35.5. The van der Waals surface area contributed by atoms with Gasteiger partial charge in [-0.2, -0.15) is 0 Å². The summed E-state index contributed by atoms with van der Waals surface area (Å²) in [6, 6.07) is 11.1. The zero-order valence-corrected chi connectivity index (χ0v) is 11.4. The van der Waals surface area contributed by atoms with E-state index in [-0.39, 0.29) is 11.7 Å². The van der Waals surface area contributed by atoms with Crippen LogP contribution in [0, 0.1) is 12.7 Å². The van der Waals surface area contributed by atoms with E-state index < -0.39 is 0 Å². The van der Waals surface area contributed by atoms with E-state index in [4.69, 9.17) is 11.6 Å². The van der Waals surface area contributed by atoms with Gasteiger partial charge >= 0.3 is 0 Å². The second-order valence-electron chi connectivity index (χ2n) is 4.33. The largest absolute Gasteiger partial charge is 0.311 e. The topological polar surface area (TPSA) is 20.3 Å². The third-order valence-corrected chi connectivity index (χ3v) is 3.18. The smallest absolute Gasteiger partial charge is 0.259 e. The van der Waals surface area contributed by atoms with Crippen molar-refractivity contribution in [3.05, 3.63) is 64.4 Å². The molecule has 2 aromatic rings. The predicted octanol–water partition coefficient (Wildman–Crippen LogP) is 4.06. The SMILES string of the molecule is Cc1ccc(Cl)c(C(=O)N(C)c2cccc(F)c2)c1. The molecule has 0 aliphatic carbocycles. The van der Waals surface area contributed by atoms with E-state index in [9.17, 15) is 9.18 Å². The molecule has 0 saturated heterocycles. The van der Waals surface area contributed by atoms with Gasteiger partial charge in [0, 0.05) is 12.7 Å². The Labute approximate surface area is 116 Å². The van der Waals surface area contributed by atoms with Gasteiger partial charge in [0.15, 0.2) is 0 Å². The summed E-state index contributed by atoms with van der Waals surface area (Å²) in [4.78, 5) is 13.7. The van der Waals surface area contributed by atoms with Crippen LogP contribution in [0.4, 0.5) is 10.1 Å². The Morgan fingerprint density at radius 3 is 2.63 bits per heavy atom. The van der Waals surface area contributed by atoms with Gasteiger partial charge in [-0.25, -0.2) is 4.39 Å². The lowest BCUT2D eigenvalue weighted by molar-refractivity contribution is 0.0993. The summed E-state index contributed by atoms with van der Waals surface area (Å²) >= 11 is 6.03. The Bertz CT molecular complexity index is 627. The highest BCUT2D eigenvalue weighted by Crippen LogP contribution is 2.22. The molecule has 0 aliphatic heterocycles. The molecule has 2 rings (SSSR count). The molecule has 2 aromatic carbocycles. The Balaban J connectivity index is 2.36. The molecule has 0 heterocycles. The number of benzene rings is 2. The molecule has 0 spiro atoms. The van der Waals surface area contributed by atoms with Crippen molar-refractivity contribution >= 4 is 23.2 Å². The second-order valence-corrected chi connectivity index (χ2v) is 4.73. The first kappa shape index (κ1) is 13.6. The highest BCUT2D eigenvalue weighted by molar-refractivity contribution is 6.34. The molecular formula is C15H13ClFNO. The summed E-state index contributed by atoms with van der Waals surface area (Å²) in [7, 11) is 1.59. The molecule has 0 aromatic heterocycles. The van der Waals surface area contributed by atoms with E-state index in [0.29, 0.717) is 16.3 Å². The molecule has 2 nitrogen and oxygen atoms in total. The summed E-state index contributed by atoms with van der Waals surface area (Å²) in [5.41, 5.74) is 1.84. The minimum atomic E-state index is -0.382. The molecule has 0 aliphatic rings. The number of halogens is 2. The van der Waals surface area contributed by atoms with Crippen molar-refractivity contribution < 1.29 is 9.18 Å². The number of aryl methyl sites for hydroxylation is 1. The van der Waals surface area contributed by atoms with Gasteiger partial charge in [-0.15, -0.1) is 0 Å². The first-order valence-corrected chi connectivity index (χ1v) is 6.16. The molecule has 0 saturated carbocycles. The van der Waals surface area contributed by atoms with Gasteiger partial charge < -0.3 is 4.90 Å². The maximum absolute atomic E-state index is 13.2. The fourth-order valence-electron chi connectivity index (χ4n) is 1.79. The van der Waals surface area contributed by atoms with Crippen molar-refractivity contribution in [2.45, 2.75) is 6.92 Å². The molecule has 0 unspecified atom stereocenters. The number of amides is 1. The summed E-state index contributed by atoms with van der Waals surface area (Å²) in [6.07, 6.45) is 0. The third kappa shape index (κ3) is 2.93. The number of carbonyl (C=O) groups is 1. The van der Waals surface area contributed by atoms with Crippen LogP contribution in [-0.4, -0.2) is 13.0 Å². The standard InChI is InChI=1S/C15H13ClFNO/c1-10-6-7-14(16)13(8-10)15(19)18(2)12-5-3-4-11(17)9-12/h3-9H,1-2H3. The predicted molar refractivity (Wildman–Crippen MR) is 75.3 cm³/mol. The van der Waals surface area contributed by atoms with Crippen LogP contribution >= 0.6 is 11.6 Å². The minimum Gasteiger partial charge on any atom is -0.311 e. The number of nitrogens with zero attached hydrogens (tertiary/aromatic N) is 1. The van der Waals surface area contributed by atoms with Crippen LogP contribution in [0.5, 0.6) is 0 Å². The van der Waals surface area contributed by atoms with Crippen LogP contribution in [-0.2, 0) is 0 Å². The summed E-state index contributed by atoms with van der Waals surface area (Å²) in [5, 5.41) is 0.388. The summed E-state index contributed by atoms with van der Waals surface area (Å²) in [5.74, 6) is -0.646. The molecular weight excluding hydrogens is 265 g/mol. The van der Waals surface area contributed by atoms with Gasteiger partial charge in [0.25, 0.3) is 5.91 Å². The summed E-state index contributed by atoms with van der Waals surface area (Å²) < 4.78 is 13.2. The van der Waals surface area contributed by atoms with Crippen LogP contribution in [0.1, 0.15) is 15.9 Å². The van der Waals surface area contributed by atoms with E-state index in [1.54, 1.807) is 31.3 Å². The van der Waals surface area contributed by atoms with Gasteiger partial charge in [0.05, 0.1) is 10.6 Å². The maximum Gasteiger partial charge on any atom is 0.259 e. The van der Waals surface area contributed by atoms with E-state index >= 15 is 0 Å². The lowest BCUT2D eigenvalue weighted by Crippen LogP contribution is -2.26. The van der Waals surface area contributed by atoms with Crippen molar-refractivity contribution in [1.82, 2.24) is 0 Å². The molecule has 0 bridgehead atoms. The Hall–Kier alpha value is -1.87. The molecule has 4 heteroatoms. The monoisotopic (exact) mass is 277 g/mol. The van der Waals surface area contributed by atoms with Gasteiger partial charge in [0.2, 0.25) is 0 Å². The zero-order chi connectivity index (χ0) is 14.0. The average molecular weight is 278 g/mol. The van der Waals surface area contributed by atoms with E-state index in [0.717, 1.165) is 5.56 Å². The number of anilines is 1. The van der Waals surface area contributed by atoms with E-state index in [1.165, 1.54) is 17.0 Å². The quantitative estimate of drug-likeness (QED) is 0.810. The van der Waals surface area contributed by atoms with Crippen LogP contribution in [0.15, 0.2) is 42.5 Å². The molecule has 1 amide bonds. The lowest BCUT2D eigenvalue weighted by Gasteiger charge is -2.18. The normalized spacial score (nSPS) is 10.3. The fraction of sp³-hybridized carbons (Fsp3) is 0.133. The number of carbonyl (C=O) groups excluding carboxylic acids is 1. The average Bonchev–Trinajstić information content (AvgIpc) is 2.40. The lowest BCUT2D eigenvalue weighted by atomic mass is 10.1. The zero-order valence-electron chi connectivity index (χ0n) is 10.7. The first-order chi connectivity index (χ1) is 8.99. The van der Waals surface area contributed by atoms with Crippen molar-refractivity contribution in [3.8, 4) is 0 Å². The number of rotatable bonds is 2. The van der Waals surface area contributed by atoms with Crippen LogP contribution < -0.4 is 4.90 Å². The third-order valence-electron chi connectivity index (χ3n) is 2.85. The van der Waals surface area contributed by atoms with E-state index in [2.05, 4.69) is 0 Å². The van der Waals surface area contributed by atoms with Gasteiger partial charge in [0.1, 0.15) is 5.82 Å². The molecule has 19 heavy (non-hydrogen) atoms. The van der Waals surface area contributed by atoms with Crippen LogP contribution in [0.3, 0.4) is 0 Å². The highest BCUT2D eigenvalue weighted by Gasteiger charge is 2.16. The Morgan fingerprint density at radius 1 is 1.21 bits per heavy atom. The maximum atomic E-state index is 13.2. The number of hydrogen-bond acceptors (Lipinski definition) is 1. The van der Waals surface area contributed by atoms with Crippen LogP contribution in [0.2, 0.25) is 5.02 Å². The fourth-order valence-corrected chi connectivity index (χ4v) is 1.98. The Kier molecular flexibility index (Phi) is 3.86. The van der Waals surface area contributed by atoms with Gasteiger partial charge in [-0.1, -0.05) is 29.3 Å². The van der Waals surface area contributed by atoms with Crippen molar-refractivity contribution in [2.75, 3.05) is 11.9 Å². The van der Waals surface area contributed by atoms with Gasteiger partial charge in [-0.3, -0.25) is 4.79 Å². The Morgan fingerprint density at radius 2 is 1.95 bits per heavy atom. The molecule has 0 radical (unpaired) electrons. The van der Waals surface area contributed by atoms with Crippen molar-refractivity contribution in [1.29, 1.82) is 0 Å². The van der Waals surface area contributed by atoms with Crippen molar-refractivity contribution in [2.24, 2.45) is 0 Å².